The quantitative estimate of drug-likeness (QED) is 0.224. The number of hydrogen-bond donors (Lipinski definition) is 1. The van der Waals surface area contributed by atoms with Crippen molar-refractivity contribution in [2.24, 2.45) is 0 Å². The molecule has 1 atom stereocenters. The molecule has 0 aliphatic heterocycles. The van der Waals surface area contributed by atoms with Gasteiger partial charge in [0, 0.05) is 18.2 Å². The molecule has 20 heteroatoms. The number of hydrogen-bond acceptors (Lipinski definition) is 1. The van der Waals surface area contributed by atoms with Crippen LogP contribution >= 0.6 is 11.6 Å². The Balaban J connectivity index is 6.44. The maximum atomic E-state index is 13.6. The van der Waals surface area contributed by atoms with Gasteiger partial charge in [0.15, 0.2) is 0 Å². The van der Waals surface area contributed by atoms with Crippen molar-refractivity contribution < 1.29 is 84.5 Å². The van der Waals surface area contributed by atoms with E-state index < -0.39 is 78.2 Å². The zero-order valence-corrected chi connectivity index (χ0v) is 15.6. The number of halogens is 18. The van der Waals surface area contributed by atoms with Crippen LogP contribution in [0.1, 0.15) is 19.3 Å². The van der Waals surface area contributed by atoms with E-state index in [1.165, 1.54) is 0 Å². The molecule has 0 aromatic heterocycles. The lowest BCUT2D eigenvalue weighted by atomic mass is 9.87. The van der Waals surface area contributed by atoms with Crippen LogP contribution in [0.4, 0.5) is 74.6 Å². The number of rotatable bonds is 11. The summed E-state index contributed by atoms with van der Waals surface area (Å²) in [6.07, 6.45) is -13.1. The highest BCUT2D eigenvalue weighted by Gasteiger charge is 2.95. The Kier molecular flexibility index (Phi) is 8.28. The van der Waals surface area contributed by atoms with Crippen LogP contribution < -0.4 is 0 Å². The van der Waals surface area contributed by atoms with Crippen molar-refractivity contribution in [2.75, 3.05) is 0 Å². The van der Waals surface area contributed by atoms with Gasteiger partial charge in [-0.2, -0.15) is 74.6 Å². The normalized spacial score (nSPS) is 16.7. The molecule has 0 bridgehead atoms. The Labute approximate surface area is 175 Å². The fraction of sp³-hybridized carbons (Fsp3) is 0.923. The summed E-state index contributed by atoms with van der Waals surface area (Å²) < 4.78 is 222. The molecule has 0 radical (unpaired) electrons. The summed E-state index contributed by atoms with van der Waals surface area (Å²) in [5.74, 6) is -58.7. The maximum absolute atomic E-state index is 13.6. The molecular formula is C13H8ClF17O2. The highest BCUT2D eigenvalue weighted by Crippen LogP contribution is 2.64. The molecule has 0 spiro atoms. The van der Waals surface area contributed by atoms with E-state index in [2.05, 4.69) is 0 Å². The summed E-state index contributed by atoms with van der Waals surface area (Å²) in [4.78, 5) is 10.2. The van der Waals surface area contributed by atoms with E-state index in [1.54, 1.807) is 0 Å². The van der Waals surface area contributed by atoms with Crippen LogP contribution in [0, 0.1) is 0 Å². The van der Waals surface area contributed by atoms with Gasteiger partial charge < -0.3 is 5.11 Å². The van der Waals surface area contributed by atoms with E-state index in [0.717, 1.165) is 0 Å². The summed E-state index contributed by atoms with van der Waals surface area (Å²) in [5, 5.41) is 5.68. The van der Waals surface area contributed by atoms with Crippen LogP contribution in [-0.2, 0) is 4.79 Å². The Morgan fingerprint density at radius 1 is 0.606 bits per heavy atom. The van der Waals surface area contributed by atoms with Crippen molar-refractivity contribution in [3.63, 3.8) is 0 Å². The highest BCUT2D eigenvalue weighted by atomic mass is 35.5. The zero-order chi connectivity index (χ0) is 27.3. The Morgan fingerprint density at radius 3 is 1.21 bits per heavy atom. The van der Waals surface area contributed by atoms with Gasteiger partial charge in [-0.05, 0) is 6.42 Å². The molecule has 0 aliphatic carbocycles. The standard InChI is InChI=1S/C13H8ClF17O2/c14-4(1-2-5(32)33)3-6(15,16)7(17,18)8(19,20)9(21,22)10(23,24)11(25,26)12(27,28)13(29,30)31/h4H,1-3H2,(H,32,33). The van der Waals surface area contributed by atoms with Gasteiger partial charge in [-0.25, -0.2) is 0 Å². The average Bonchev–Trinajstić information content (AvgIpc) is 2.57. The fourth-order valence-corrected chi connectivity index (χ4v) is 2.29. The van der Waals surface area contributed by atoms with E-state index in [1.807, 2.05) is 0 Å². The van der Waals surface area contributed by atoms with Gasteiger partial charge in [-0.1, -0.05) is 0 Å². The van der Waals surface area contributed by atoms with Crippen LogP contribution in [-0.4, -0.2) is 64.1 Å². The minimum atomic E-state index is -8.69. The largest absolute Gasteiger partial charge is 0.481 e. The predicted molar refractivity (Wildman–Crippen MR) is 71.8 cm³/mol. The van der Waals surface area contributed by atoms with Gasteiger partial charge in [0.05, 0.1) is 0 Å². The van der Waals surface area contributed by atoms with Crippen molar-refractivity contribution >= 4 is 17.6 Å². The van der Waals surface area contributed by atoms with Gasteiger partial charge in [-0.15, -0.1) is 11.6 Å². The number of carboxylic acid groups (broad SMARTS) is 1. The molecule has 1 unspecified atom stereocenters. The van der Waals surface area contributed by atoms with Gasteiger partial charge in [0.25, 0.3) is 0 Å². The lowest BCUT2D eigenvalue weighted by molar-refractivity contribution is -0.461. The van der Waals surface area contributed by atoms with E-state index in [0.29, 0.717) is 0 Å². The first kappa shape index (κ1) is 31.6. The third-order valence-corrected chi connectivity index (χ3v) is 4.31. The molecule has 0 saturated carbocycles. The first-order chi connectivity index (χ1) is 14.1. The number of aliphatic carboxylic acids is 1. The van der Waals surface area contributed by atoms with E-state index in [4.69, 9.17) is 16.7 Å². The van der Waals surface area contributed by atoms with Crippen molar-refractivity contribution in [3.05, 3.63) is 0 Å². The summed E-state index contributed by atoms with van der Waals surface area (Å²) >= 11 is 4.95. The lowest BCUT2D eigenvalue weighted by Gasteiger charge is -2.43. The van der Waals surface area contributed by atoms with E-state index >= 15 is 0 Å². The van der Waals surface area contributed by atoms with Crippen molar-refractivity contribution in [1.82, 2.24) is 0 Å². The van der Waals surface area contributed by atoms with Crippen LogP contribution in [0.15, 0.2) is 0 Å². The van der Waals surface area contributed by atoms with Gasteiger partial charge in [0.1, 0.15) is 0 Å². The third kappa shape index (κ3) is 4.87. The summed E-state index contributed by atoms with van der Waals surface area (Å²) in [5.41, 5.74) is 0. The molecule has 2 nitrogen and oxygen atoms in total. The smallest absolute Gasteiger partial charge is 0.460 e. The minimum Gasteiger partial charge on any atom is -0.481 e. The molecule has 0 aromatic rings. The Hall–Kier alpha value is -1.43. The van der Waals surface area contributed by atoms with E-state index in [-0.39, 0.29) is 0 Å². The molecule has 1 N–H and O–H groups in total. The fourth-order valence-electron chi connectivity index (χ4n) is 1.98. The molecule has 0 fully saturated rings. The zero-order valence-electron chi connectivity index (χ0n) is 14.9. The van der Waals surface area contributed by atoms with Gasteiger partial charge in [-0.3, -0.25) is 4.79 Å². The van der Waals surface area contributed by atoms with Gasteiger partial charge >= 0.3 is 53.6 Å². The molecule has 0 saturated heterocycles. The van der Waals surface area contributed by atoms with E-state index in [9.17, 15) is 79.4 Å². The summed E-state index contributed by atoms with van der Waals surface area (Å²) in [6.45, 7) is 0. The Bertz CT molecular complexity index is 714. The van der Waals surface area contributed by atoms with Crippen LogP contribution in [0.5, 0.6) is 0 Å². The molecule has 0 amide bonds. The van der Waals surface area contributed by atoms with Crippen molar-refractivity contribution in [1.29, 1.82) is 0 Å². The molecule has 0 rings (SSSR count). The molecule has 0 aromatic carbocycles. The highest BCUT2D eigenvalue weighted by molar-refractivity contribution is 6.20. The summed E-state index contributed by atoms with van der Waals surface area (Å²) in [7, 11) is 0. The van der Waals surface area contributed by atoms with Crippen LogP contribution in [0.25, 0.3) is 0 Å². The SMILES string of the molecule is O=C(O)CCC(Cl)CC(F)(F)C(F)(F)C(F)(F)C(F)(F)C(F)(F)C(F)(F)C(F)(F)C(F)(F)F. The Morgan fingerprint density at radius 2 is 0.909 bits per heavy atom. The monoisotopic (exact) mass is 554 g/mol. The molecule has 0 aliphatic rings. The second-order valence-corrected chi connectivity index (χ2v) is 7.00. The minimum absolute atomic E-state index is 1.20. The number of carbonyl (C=O) groups is 1. The maximum Gasteiger partial charge on any atom is 0.460 e. The molecule has 198 valence electrons. The first-order valence-corrected chi connectivity index (χ1v) is 8.07. The van der Waals surface area contributed by atoms with Crippen LogP contribution in [0.2, 0.25) is 0 Å². The number of carboxylic acids is 1. The first-order valence-electron chi connectivity index (χ1n) is 7.63. The predicted octanol–water partition coefficient (Wildman–Crippen LogP) is 6.86. The summed E-state index contributed by atoms with van der Waals surface area (Å²) in [6, 6.07) is 0. The van der Waals surface area contributed by atoms with Gasteiger partial charge in [0.2, 0.25) is 0 Å². The topological polar surface area (TPSA) is 37.3 Å². The van der Waals surface area contributed by atoms with Crippen molar-refractivity contribution in [3.8, 4) is 0 Å². The molecular weight excluding hydrogens is 547 g/mol. The van der Waals surface area contributed by atoms with Crippen molar-refractivity contribution in [2.45, 2.75) is 72.3 Å². The molecule has 0 heterocycles. The number of alkyl halides is 18. The molecule has 33 heavy (non-hydrogen) atoms. The average molecular weight is 555 g/mol. The lowest BCUT2D eigenvalue weighted by Crippen LogP contribution is -2.74. The second kappa shape index (κ2) is 8.66. The third-order valence-electron chi connectivity index (χ3n) is 3.94. The second-order valence-electron chi connectivity index (χ2n) is 6.38. The van der Waals surface area contributed by atoms with Crippen LogP contribution in [0.3, 0.4) is 0 Å².